The van der Waals surface area contributed by atoms with Crippen LogP contribution in [0, 0.1) is 0 Å². The van der Waals surface area contributed by atoms with Crippen LogP contribution in [-0.2, 0) is 0 Å². The van der Waals surface area contributed by atoms with Crippen LogP contribution in [0.3, 0.4) is 0 Å². The average Bonchev–Trinajstić information content (AvgIpc) is 2.57. The normalized spacial score (nSPS) is 8.91. The van der Waals surface area contributed by atoms with Gasteiger partial charge in [0.25, 0.3) is 0 Å². The van der Waals surface area contributed by atoms with E-state index in [0.29, 0.717) is 5.46 Å². The summed E-state index contributed by atoms with van der Waals surface area (Å²) in [7, 11) is -1.40. The summed E-state index contributed by atoms with van der Waals surface area (Å²) in [6, 6.07) is 20.0. The zero-order chi connectivity index (χ0) is 16.2. The van der Waals surface area contributed by atoms with E-state index in [1.54, 1.807) is 18.3 Å². The van der Waals surface area contributed by atoms with E-state index in [-0.39, 0.29) is 7.69 Å². The Morgan fingerprint density at radius 1 is 0.773 bits per heavy atom. The number of nitrogens with zero attached hydrogens (tertiary/aromatic N) is 1. The summed E-state index contributed by atoms with van der Waals surface area (Å²) in [4.78, 5) is 3.69. The SMILES string of the molecule is OB(O)c1cccnc1.O[B]O.c1ccc2ccccc2c1. The molecule has 0 aliphatic heterocycles. The van der Waals surface area contributed by atoms with Crippen molar-refractivity contribution in [1.29, 1.82) is 0 Å². The molecule has 0 amide bonds. The first-order chi connectivity index (χ1) is 10.7. The van der Waals surface area contributed by atoms with E-state index in [2.05, 4.69) is 53.5 Å². The summed E-state index contributed by atoms with van der Waals surface area (Å²) in [5, 5.41) is 33.7. The third-order valence-corrected chi connectivity index (χ3v) is 2.64. The molecule has 7 heteroatoms. The van der Waals surface area contributed by atoms with Gasteiger partial charge in [-0.1, -0.05) is 54.6 Å². The maximum Gasteiger partial charge on any atom is 0.490 e. The van der Waals surface area contributed by atoms with E-state index in [1.165, 1.54) is 17.0 Å². The van der Waals surface area contributed by atoms with Gasteiger partial charge in [0.05, 0.1) is 0 Å². The molecule has 0 aliphatic rings. The number of rotatable bonds is 1. The smallest absolute Gasteiger partial charge is 0.429 e. The van der Waals surface area contributed by atoms with Crippen molar-refractivity contribution in [2.45, 2.75) is 0 Å². The Bertz CT molecular complexity index is 588. The summed E-state index contributed by atoms with van der Waals surface area (Å²) in [5.74, 6) is 0. The van der Waals surface area contributed by atoms with E-state index < -0.39 is 7.12 Å². The van der Waals surface area contributed by atoms with Gasteiger partial charge in [-0.3, -0.25) is 4.98 Å². The zero-order valence-electron chi connectivity index (χ0n) is 11.8. The Labute approximate surface area is 130 Å². The third kappa shape index (κ3) is 6.51. The van der Waals surface area contributed by atoms with E-state index in [4.69, 9.17) is 20.1 Å². The van der Waals surface area contributed by atoms with Gasteiger partial charge in [0, 0.05) is 17.9 Å². The molecule has 0 aliphatic carbocycles. The lowest BCUT2D eigenvalue weighted by molar-refractivity contribution is 0.425. The van der Waals surface area contributed by atoms with Crippen molar-refractivity contribution >= 4 is 31.0 Å². The number of aromatic nitrogens is 1. The summed E-state index contributed by atoms with van der Waals surface area (Å²) in [6.07, 6.45) is 2.98. The first kappa shape index (κ1) is 17.9. The van der Waals surface area contributed by atoms with E-state index in [1.807, 2.05) is 0 Å². The van der Waals surface area contributed by atoms with E-state index in [9.17, 15) is 0 Å². The number of pyridine rings is 1. The lowest BCUT2D eigenvalue weighted by Gasteiger charge is -1.93. The Balaban J connectivity index is 0.000000189. The third-order valence-electron chi connectivity index (χ3n) is 2.64. The molecule has 1 heterocycles. The van der Waals surface area contributed by atoms with Crippen LogP contribution in [0.2, 0.25) is 0 Å². The van der Waals surface area contributed by atoms with Crippen molar-refractivity contribution < 1.29 is 20.1 Å². The second kappa shape index (κ2) is 10.5. The minimum atomic E-state index is -1.40. The Kier molecular flexibility index (Phi) is 8.56. The summed E-state index contributed by atoms with van der Waals surface area (Å²) in [6.45, 7) is 0. The highest BCUT2D eigenvalue weighted by Gasteiger charge is 2.08. The quantitative estimate of drug-likeness (QED) is 0.478. The molecular weight excluding hydrogens is 280 g/mol. The van der Waals surface area contributed by atoms with Gasteiger partial charge in [0.1, 0.15) is 0 Å². The van der Waals surface area contributed by atoms with E-state index >= 15 is 0 Å². The first-order valence-corrected chi connectivity index (χ1v) is 6.49. The Morgan fingerprint density at radius 2 is 1.23 bits per heavy atom. The molecule has 0 atom stereocenters. The fraction of sp³-hybridized carbons (Fsp3) is 0. The molecule has 111 valence electrons. The topological polar surface area (TPSA) is 93.8 Å². The highest BCUT2D eigenvalue weighted by atomic mass is 16.4. The summed E-state index contributed by atoms with van der Waals surface area (Å²) < 4.78 is 0. The van der Waals surface area contributed by atoms with Gasteiger partial charge >= 0.3 is 14.8 Å². The van der Waals surface area contributed by atoms with Crippen molar-refractivity contribution in [3.63, 3.8) is 0 Å². The number of hydrogen-bond acceptors (Lipinski definition) is 5. The largest absolute Gasteiger partial charge is 0.490 e. The summed E-state index contributed by atoms with van der Waals surface area (Å²) >= 11 is 0. The molecule has 3 rings (SSSR count). The van der Waals surface area contributed by atoms with Crippen molar-refractivity contribution in [3.05, 3.63) is 73.1 Å². The molecule has 0 unspecified atom stereocenters. The minimum absolute atomic E-state index is 0. The molecule has 2 aromatic carbocycles. The van der Waals surface area contributed by atoms with Crippen molar-refractivity contribution in [2.24, 2.45) is 0 Å². The molecule has 0 saturated heterocycles. The van der Waals surface area contributed by atoms with Crippen molar-refractivity contribution in [1.82, 2.24) is 4.98 Å². The minimum Gasteiger partial charge on any atom is -0.429 e. The second-order valence-electron chi connectivity index (χ2n) is 4.12. The number of fused-ring (bicyclic) bond motifs is 1. The molecule has 1 aromatic heterocycles. The average molecular weight is 296 g/mol. The van der Waals surface area contributed by atoms with Gasteiger partial charge < -0.3 is 20.1 Å². The van der Waals surface area contributed by atoms with Crippen LogP contribution in [-0.4, -0.2) is 39.9 Å². The molecule has 0 fully saturated rings. The van der Waals surface area contributed by atoms with E-state index in [0.717, 1.165) is 0 Å². The van der Waals surface area contributed by atoms with Gasteiger partial charge in [0.15, 0.2) is 0 Å². The van der Waals surface area contributed by atoms with Gasteiger partial charge in [0.2, 0.25) is 0 Å². The van der Waals surface area contributed by atoms with Gasteiger partial charge in [-0.15, -0.1) is 0 Å². The molecule has 1 radical (unpaired) electrons. The Hall–Kier alpha value is -2.18. The highest BCUT2D eigenvalue weighted by molar-refractivity contribution is 6.58. The molecule has 0 spiro atoms. The van der Waals surface area contributed by atoms with Crippen LogP contribution < -0.4 is 5.46 Å². The first-order valence-electron chi connectivity index (χ1n) is 6.49. The van der Waals surface area contributed by atoms with Crippen LogP contribution in [0.1, 0.15) is 0 Å². The Morgan fingerprint density at radius 3 is 1.50 bits per heavy atom. The highest BCUT2D eigenvalue weighted by Crippen LogP contribution is 2.11. The molecular formula is C15H16B2NO4. The summed E-state index contributed by atoms with van der Waals surface area (Å²) in [5.41, 5.74) is 0.414. The predicted octanol–water partition coefficient (Wildman–Crippen LogP) is 0.106. The number of hydrogen-bond donors (Lipinski definition) is 4. The molecule has 5 nitrogen and oxygen atoms in total. The molecule has 0 saturated carbocycles. The van der Waals surface area contributed by atoms with Crippen molar-refractivity contribution in [2.75, 3.05) is 0 Å². The maximum atomic E-state index is 8.54. The van der Waals surface area contributed by atoms with Gasteiger partial charge in [-0.05, 0) is 16.8 Å². The van der Waals surface area contributed by atoms with Crippen LogP contribution in [0.4, 0.5) is 0 Å². The van der Waals surface area contributed by atoms with Crippen LogP contribution in [0.25, 0.3) is 10.8 Å². The molecule has 0 bridgehead atoms. The fourth-order valence-corrected chi connectivity index (χ4v) is 1.66. The zero-order valence-corrected chi connectivity index (χ0v) is 11.8. The number of benzene rings is 2. The maximum absolute atomic E-state index is 8.54. The van der Waals surface area contributed by atoms with Crippen molar-refractivity contribution in [3.8, 4) is 0 Å². The van der Waals surface area contributed by atoms with Crippen LogP contribution in [0.5, 0.6) is 0 Å². The predicted molar refractivity (Wildman–Crippen MR) is 88.2 cm³/mol. The monoisotopic (exact) mass is 296 g/mol. The van der Waals surface area contributed by atoms with Crippen LogP contribution in [0.15, 0.2) is 73.1 Å². The fourth-order valence-electron chi connectivity index (χ4n) is 1.66. The molecule has 3 aromatic rings. The molecule has 4 N–H and O–H groups in total. The molecule has 22 heavy (non-hydrogen) atoms. The standard InChI is InChI=1S/C10H8.C5H6BNO2.BH2O2/c1-2-6-10-8-4-3-7-9(10)5-1;8-6(9)5-2-1-3-7-4-5;2-1-3/h1-8H;1-4,8-9H;2-3H. The van der Waals surface area contributed by atoms with Crippen LogP contribution >= 0.6 is 0 Å². The lowest BCUT2D eigenvalue weighted by Crippen LogP contribution is -2.29. The second-order valence-corrected chi connectivity index (χ2v) is 4.12. The van der Waals surface area contributed by atoms with Gasteiger partial charge in [-0.2, -0.15) is 0 Å². The van der Waals surface area contributed by atoms with Gasteiger partial charge in [-0.25, -0.2) is 0 Å². The lowest BCUT2D eigenvalue weighted by atomic mass is 9.82.